The van der Waals surface area contributed by atoms with Crippen LogP contribution in [0.25, 0.3) is 0 Å². The second-order valence-electron chi connectivity index (χ2n) is 5.61. The molecule has 0 amide bonds. The highest BCUT2D eigenvalue weighted by Gasteiger charge is 2.28. The maximum Gasteiger partial charge on any atom is 0.338 e. The normalized spacial score (nSPS) is 10.8. The lowest BCUT2D eigenvalue weighted by Gasteiger charge is -2.23. The molecule has 0 atom stereocenters. The Morgan fingerprint density at radius 3 is 2.34 bits per heavy atom. The predicted octanol–water partition coefficient (Wildman–Crippen LogP) is 2.14. The fourth-order valence-corrected chi connectivity index (χ4v) is 3.77. The molecule has 0 aliphatic heterocycles. The molecule has 0 saturated carbocycles. The topological polar surface area (TPSA) is 133 Å². The van der Waals surface area contributed by atoms with Crippen molar-refractivity contribution >= 4 is 33.3 Å². The smallest absolute Gasteiger partial charge is 0.338 e. The predicted molar refractivity (Wildman–Crippen MR) is 102 cm³/mol. The van der Waals surface area contributed by atoms with Gasteiger partial charge in [-0.25, -0.2) is 13.2 Å². The summed E-state index contributed by atoms with van der Waals surface area (Å²) in [6, 6.07) is 9.75. The number of nitro benzene ring substituents is 1. The summed E-state index contributed by atoms with van der Waals surface area (Å²) in [5.41, 5.74) is -0.162. The molecule has 0 unspecified atom stereocenters. The van der Waals surface area contributed by atoms with Crippen molar-refractivity contribution in [3.8, 4) is 0 Å². The highest BCUT2D eigenvalue weighted by atomic mass is 32.2. The summed E-state index contributed by atoms with van der Waals surface area (Å²) in [6.45, 7) is 1.10. The molecule has 0 N–H and O–H groups in total. The van der Waals surface area contributed by atoms with Crippen LogP contribution in [0.15, 0.2) is 53.4 Å². The molecule has 10 nitrogen and oxygen atoms in total. The van der Waals surface area contributed by atoms with Gasteiger partial charge in [-0.15, -0.1) is 0 Å². The number of methoxy groups -OCH3 is 1. The van der Waals surface area contributed by atoms with Crippen molar-refractivity contribution in [3.63, 3.8) is 0 Å². The number of hydrogen-bond acceptors (Lipinski definition) is 8. The first-order chi connectivity index (χ1) is 13.7. The van der Waals surface area contributed by atoms with Crippen molar-refractivity contribution in [2.24, 2.45) is 0 Å². The van der Waals surface area contributed by atoms with E-state index in [9.17, 15) is 28.1 Å². The largest absolute Gasteiger partial charge is 0.468 e. The summed E-state index contributed by atoms with van der Waals surface area (Å²) in [5, 5.41) is 10.8. The summed E-state index contributed by atoms with van der Waals surface area (Å²) in [6.07, 6.45) is 0. The Labute approximate surface area is 166 Å². The van der Waals surface area contributed by atoms with E-state index >= 15 is 0 Å². The van der Waals surface area contributed by atoms with Crippen molar-refractivity contribution in [3.05, 3.63) is 64.2 Å². The molecule has 2 aromatic rings. The van der Waals surface area contributed by atoms with Gasteiger partial charge in [0.2, 0.25) is 0 Å². The van der Waals surface area contributed by atoms with Gasteiger partial charge < -0.3 is 9.47 Å². The average molecular weight is 422 g/mol. The van der Waals surface area contributed by atoms with Crippen LogP contribution in [-0.2, 0) is 24.3 Å². The van der Waals surface area contributed by atoms with Crippen LogP contribution in [0.2, 0.25) is 0 Å². The van der Waals surface area contributed by atoms with Gasteiger partial charge in [0.25, 0.3) is 15.7 Å². The number of esters is 2. The van der Waals surface area contributed by atoms with Gasteiger partial charge in [0.15, 0.2) is 0 Å². The maximum atomic E-state index is 13.1. The number of hydrogen-bond donors (Lipinski definition) is 0. The van der Waals surface area contributed by atoms with E-state index in [0.717, 1.165) is 35.7 Å². The average Bonchev–Trinajstić information content (AvgIpc) is 2.71. The fourth-order valence-electron chi connectivity index (χ4n) is 2.37. The Hall–Kier alpha value is -3.47. The lowest BCUT2D eigenvalue weighted by atomic mass is 10.2. The molecule has 0 aliphatic carbocycles. The SMILES string of the molecule is CCOC(=O)c1cccc(N(CC(=O)OC)S(=O)(=O)c2ccc([N+](=O)[O-])cc2)c1. The van der Waals surface area contributed by atoms with Gasteiger partial charge in [0.1, 0.15) is 6.54 Å². The first-order valence-corrected chi connectivity index (χ1v) is 9.76. The Morgan fingerprint density at radius 1 is 1.14 bits per heavy atom. The van der Waals surface area contributed by atoms with Gasteiger partial charge in [0, 0.05) is 12.1 Å². The van der Waals surface area contributed by atoms with Crippen LogP contribution in [-0.4, -0.2) is 45.5 Å². The second kappa shape index (κ2) is 9.15. The van der Waals surface area contributed by atoms with Gasteiger partial charge >= 0.3 is 11.9 Å². The molecular formula is C18H18N2O8S. The Bertz CT molecular complexity index is 1020. The fraction of sp³-hybridized carbons (Fsp3) is 0.222. The number of benzene rings is 2. The molecule has 0 radical (unpaired) electrons. The minimum absolute atomic E-state index is 0.0271. The Balaban J connectivity index is 2.52. The van der Waals surface area contributed by atoms with Crippen LogP contribution in [0, 0.1) is 10.1 Å². The van der Waals surface area contributed by atoms with Gasteiger partial charge in [0.05, 0.1) is 34.8 Å². The van der Waals surface area contributed by atoms with Crippen LogP contribution in [0.5, 0.6) is 0 Å². The monoisotopic (exact) mass is 422 g/mol. The first-order valence-electron chi connectivity index (χ1n) is 8.32. The summed E-state index contributed by atoms with van der Waals surface area (Å²) in [5.74, 6) is -1.49. The van der Waals surface area contributed by atoms with Crippen LogP contribution < -0.4 is 4.31 Å². The van der Waals surface area contributed by atoms with E-state index in [2.05, 4.69) is 4.74 Å². The molecule has 0 saturated heterocycles. The van der Waals surface area contributed by atoms with E-state index in [1.807, 2.05) is 0 Å². The van der Waals surface area contributed by atoms with E-state index in [-0.39, 0.29) is 28.4 Å². The van der Waals surface area contributed by atoms with E-state index in [1.165, 1.54) is 24.3 Å². The van der Waals surface area contributed by atoms with Gasteiger partial charge in [-0.05, 0) is 37.3 Å². The molecule has 0 aliphatic rings. The van der Waals surface area contributed by atoms with Crippen molar-refractivity contribution in [1.82, 2.24) is 0 Å². The standard InChI is InChI=1S/C18H18N2O8S/c1-3-28-18(22)13-5-4-6-15(11-13)19(12-17(21)27-2)29(25,26)16-9-7-14(8-10-16)20(23)24/h4-11H,3,12H2,1-2H3. The van der Waals surface area contributed by atoms with Crippen molar-refractivity contribution in [1.29, 1.82) is 0 Å². The minimum Gasteiger partial charge on any atom is -0.468 e. The zero-order valence-electron chi connectivity index (χ0n) is 15.6. The number of ether oxygens (including phenoxy) is 2. The van der Waals surface area contributed by atoms with Crippen LogP contribution >= 0.6 is 0 Å². The number of sulfonamides is 1. The molecule has 0 heterocycles. The van der Waals surface area contributed by atoms with E-state index in [0.29, 0.717) is 0 Å². The van der Waals surface area contributed by atoms with Crippen LogP contribution in [0.3, 0.4) is 0 Å². The summed E-state index contributed by atoms with van der Waals surface area (Å²) < 4.78 is 36.4. The molecule has 2 aromatic carbocycles. The first kappa shape index (κ1) is 21.8. The number of non-ortho nitro benzene ring substituents is 1. The Kier molecular flexibility index (Phi) is 6.89. The minimum atomic E-state index is -4.30. The summed E-state index contributed by atoms with van der Waals surface area (Å²) in [4.78, 5) is 33.7. The van der Waals surface area contributed by atoms with Crippen molar-refractivity contribution in [2.45, 2.75) is 11.8 Å². The maximum absolute atomic E-state index is 13.1. The molecule has 0 spiro atoms. The highest BCUT2D eigenvalue weighted by molar-refractivity contribution is 7.92. The summed E-state index contributed by atoms with van der Waals surface area (Å²) in [7, 11) is -3.19. The molecule has 29 heavy (non-hydrogen) atoms. The number of anilines is 1. The van der Waals surface area contributed by atoms with Crippen molar-refractivity contribution in [2.75, 3.05) is 24.6 Å². The molecule has 0 fully saturated rings. The third-order valence-electron chi connectivity index (χ3n) is 3.78. The van der Waals surface area contributed by atoms with Crippen LogP contribution in [0.4, 0.5) is 11.4 Å². The zero-order valence-corrected chi connectivity index (χ0v) is 16.4. The number of rotatable bonds is 8. The second-order valence-corrected chi connectivity index (χ2v) is 7.47. The van der Waals surface area contributed by atoms with E-state index in [4.69, 9.17) is 4.74 Å². The molecular weight excluding hydrogens is 404 g/mol. The lowest BCUT2D eigenvalue weighted by molar-refractivity contribution is -0.384. The number of carbonyl (C=O) groups is 2. The third kappa shape index (κ3) is 5.08. The van der Waals surface area contributed by atoms with Crippen LogP contribution in [0.1, 0.15) is 17.3 Å². The highest BCUT2D eigenvalue weighted by Crippen LogP contribution is 2.26. The quantitative estimate of drug-likeness (QED) is 0.359. The van der Waals surface area contributed by atoms with Gasteiger partial charge in [-0.3, -0.25) is 19.2 Å². The Morgan fingerprint density at radius 2 is 1.79 bits per heavy atom. The molecule has 0 bridgehead atoms. The van der Waals surface area contributed by atoms with Crippen molar-refractivity contribution < 1.29 is 32.4 Å². The number of carbonyl (C=O) groups excluding carboxylic acids is 2. The molecule has 154 valence electrons. The molecule has 2 rings (SSSR count). The zero-order chi connectivity index (χ0) is 21.6. The molecule has 11 heteroatoms. The lowest BCUT2D eigenvalue weighted by Crippen LogP contribution is -2.36. The number of nitrogens with zero attached hydrogens (tertiary/aromatic N) is 2. The third-order valence-corrected chi connectivity index (χ3v) is 5.57. The summed E-state index contributed by atoms with van der Waals surface area (Å²) >= 11 is 0. The van der Waals surface area contributed by atoms with Gasteiger partial charge in [-0.2, -0.15) is 0 Å². The molecule has 0 aromatic heterocycles. The van der Waals surface area contributed by atoms with Gasteiger partial charge in [-0.1, -0.05) is 6.07 Å². The van der Waals surface area contributed by atoms with E-state index in [1.54, 1.807) is 6.92 Å². The number of nitro groups is 1. The van der Waals surface area contributed by atoms with E-state index < -0.39 is 33.4 Å².